The summed E-state index contributed by atoms with van der Waals surface area (Å²) in [5.74, 6) is -1.32. The molecule has 0 radical (unpaired) electrons. The van der Waals surface area contributed by atoms with Crippen LogP contribution in [0.5, 0.6) is 17.5 Å². The molecule has 2 fully saturated rings. The van der Waals surface area contributed by atoms with E-state index in [0.717, 1.165) is 61.0 Å². The maximum atomic E-state index is 11.9. The summed E-state index contributed by atoms with van der Waals surface area (Å²) in [4.78, 5) is 29.1. The van der Waals surface area contributed by atoms with Gasteiger partial charge in [0.1, 0.15) is 5.75 Å². The minimum absolute atomic E-state index is 0.0787. The van der Waals surface area contributed by atoms with E-state index in [9.17, 15) is 15.0 Å². The van der Waals surface area contributed by atoms with E-state index in [1.807, 2.05) is 18.2 Å². The minimum Gasteiger partial charge on any atom is -0.543 e. The lowest BCUT2D eigenvalue weighted by Gasteiger charge is -2.61. The molecule has 2 N–H and O–H groups in total. The van der Waals surface area contributed by atoms with Crippen molar-refractivity contribution in [1.29, 1.82) is 0 Å². The number of carbonyl (C=O) groups excluding carboxylic acids is 1. The molecular weight excluding hydrogens is 630 g/mol. The fraction of sp³-hybridized carbons (Fsp3) is 0.703. The van der Waals surface area contributed by atoms with Gasteiger partial charge in [-0.05, 0) is 43.1 Å². The molecule has 48 heavy (non-hydrogen) atoms. The van der Waals surface area contributed by atoms with Gasteiger partial charge in [-0.25, -0.2) is 9.68 Å². The number of ether oxygens (including phenoxy) is 2. The number of aromatic nitrogens is 1. The summed E-state index contributed by atoms with van der Waals surface area (Å²) in [5.41, 5.74) is -0.605. The zero-order valence-electron chi connectivity index (χ0n) is 30.6. The van der Waals surface area contributed by atoms with Crippen LogP contribution in [0.25, 0.3) is 0 Å². The van der Waals surface area contributed by atoms with Crippen molar-refractivity contribution >= 4 is 14.3 Å². The van der Waals surface area contributed by atoms with Crippen LogP contribution in [0.2, 0.25) is 18.1 Å². The largest absolute Gasteiger partial charge is 0.543 e. The highest BCUT2D eigenvalue weighted by Crippen LogP contribution is 2.69. The third kappa shape index (κ3) is 7.60. The van der Waals surface area contributed by atoms with Gasteiger partial charge < -0.3 is 29.0 Å². The van der Waals surface area contributed by atoms with Crippen molar-refractivity contribution in [2.24, 2.45) is 10.8 Å². The summed E-state index contributed by atoms with van der Waals surface area (Å²) in [6.45, 7) is 21.6. The highest BCUT2D eigenvalue weighted by atomic mass is 28.4. The standard InChI is InChI=1S/C37H59NO9Si/c1-33(2,3)48(8,9)45-29-20-18-19-28(25-29)36-37(47-46-36,35(6,7)27-43-36)34(4,5)26-42-24-17-15-13-11-10-12-14-16-21-32(41)44-38-30(39)22-23-31(38)40/h18-20,22-23,25,39-40H,10-17,21,24,26-27H2,1-9H3. The van der Waals surface area contributed by atoms with E-state index in [0.29, 0.717) is 26.2 Å². The number of aromatic hydroxyl groups is 2. The van der Waals surface area contributed by atoms with Gasteiger partial charge in [0.25, 0.3) is 5.79 Å². The molecule has 2 aliphatic heterocycles. The summed E-state index contributed by atoms with van der Waals surface area (Å²) >= 11 is 0. The fourth-order valence-electron chi connectivity index (χ4n) is 6.90. The molecule has 2 saturated heterocycles. The first kappa shape index (κ1) is 38.2. The van der Waals surface area contributed by atoms with Crippen LogP contribution >= 0.6 is 0 Å². The van der Waals surface area contributed by atoms with Crippen LogP contribution in [0.3, 0.4) is 0 Å². The molecule has 4 rings (SSSR count). The Balaban J connectivity index is 1.19. The molecule has 2 aliphatic rings. The van der Waals surface area contributed by atoms with Gasteiger partial charge in [0.2, 0.25) is 20.1 Å². The summed E-state index contributed by atoms with van der Waals surface area (Å²) < 4.78 is 20.2. The Labute approximate surface area is 288 Å². The molecule has 1 aromatic carbocycles. The van der Waals surface area contributed by atoms with Gasteiger partial charge in [-0.1, -0.05) is 99.1 Å². The second kappa shape index (κ2) is 14.7. The highest BCUT2D eigenvalue weighted by Gasteiger charge is 2.82. The number of nitrogens with zero attached hydrogens (tertiary/aromatic N) is 1. The van der Waals surface area contributed by atoms with Crippen molar-refractivity contribution in [2.45, 2.75) is 136 Å². The van der Waals surface area contributed by atoms with Gasteiger partial charge >= 0.3 is 5.97 Å². The van der Waals surface area contributed by atoms with E-state index in [4.69, 9.17) is 28.5 Å². The van der Waals surface area contributed by atoms with E-state index >= 15 is 0 Å². The molecule has 2 unspecified atom stereocenters. The summed E-state index contributed by atoms with van der Waals surface area (Å²) in [7, 11) is -2.04. The molecule has 0 aliphatic carbocycles. The number of benzene rings is 1. The average Bonchev–Trinajstić information content (AvgIpc) is 3.36. The quantitative estimate of drug-likeness (QED) is 0.0904. The van der Waals surface area contributed by atoms with Crippen LogP contribution in [0, 0.1) is 10.8 Å². The molecule has 0 saturated carbocycles. The number of rotatable bonds is 18. The Kier molecular flexibility index (Phi) is 11.7. The lowest BCUT2D eigenvalue weighted by molar-refractivity contribution is -0.628. The number of hydrogen-bond donors (Lipinski definition) is 2. The van der Waals surface area contributed by atoms with Crippen molar-refractivity contribution in [3.8, 4) is 17.5 Å². The van der Waals surface area contributed by atoms with E-state index in [2.05, 4.69) is 67.6 Å². The third-order valence-electron chi connectivity index (χ3n) is 10.6. The second-order valence-electron chi connectivity index (χ2n) is 16.3. The Bertz CT molecular complexity index is 1360. The van der Waals surface area contributed by atoms with Gasteiger partial charge in [0.05, 0.1) is 13.2 Å². The average molecular weight is 690 g/mol. The molecule has 2 aromatic rings. The molecule has 10 nitrogen and oxygen atoms in total. The van der Waals surface area contributed by atoms with E-state index in [-0.39, 0.29) is 28.6 Å². The first-order valence-electron chi connectivity index (χ1n) is 17.6. The molecular formula is C37H59NO9Si. The van der Waals surface area contributed by atoms with Gasteiger partial charge in [0.15, 0.2) is 5.60 Å². The normalized spacial score (nSPS) is 22.3. The van der Waals surface area contributed by atoms with Crippen LogP contribution in [0.15, 0.2) is 36.4 Å². The van der Waals surface area contributed by atoms with E-state index in [1.165, 1.54) is 12.1 Å². The van der Waals surface area contributed by atoms with Gasteiger partial charge in [-0.15, -0.1) is 4.73 Å². The van der Waals surface area contributed by atoms with Crippen molar-refractivity contribution in [3.05, 3.63) is 42.0 Å². The lowest BCUT2D eigenvalue weighted by atomic mass is 9.57. The smallest absolute Gasteiger partial charge is 0.333 e. The molecule has 11 heteroatoms. The molecule has 0 amide bonds. The van der Waals surface area contributed by atoms with Gasteiger partial charge in [-0.2, -0.15) is 4.89 Å². The van der Waals surface area contributed by atoms with Gasteiger partial charge in [-0.3, -0.25) is 0 Å². The first-order chi connectivity index (χ1) is 22.4. The highest BCUT2D eigenvalue weighted by molar-refractivity contribution is 6.74. The van der Waals surface area contributed by atoms with Crippen molar-refractivity contribution in [2.75, 3.05) is 19.8 Å². The maximum Gasteiger partial charge on any atom is 0.333 e. The van der Waals surface area contributed by atoms with E-state index in [1.54, 1.807) is 0 Å². The summed E-state index contributed by atoms with van der Waals surface area (Å²) in [6, 6.07) is 10.7. The molecule has 0 spiro atoms. The molecule has 0 bridgehead atoms. The zero-order chi connectivity index (χ0) is 35.4. The third-order valence-corrected chi connectivity index (χ3v) is 14.9. The van der Waals surface area contributed by atoms with Crippen LogP contribution in [0.1, 0.15) is 112 Å². The predicted molar refractivity (Wildman–Crippen MR) is 186 cm³/mol. The predicted octanol–water partition coefficient (Wildman–Crippen LogP) is 8.40. The first-order valence-corrected chi connectivity index (χ1v) is 20.5. The van der Waals surface area contributed by atoms with Crippen molar-refractivity contribution in [3.63, 3.8) is 0 Å². The van der Waals surface area contributed by atoms with Crippen LogP contribution in [0.4, 0.5) is 0 Å². The lowest BCUT2D eigenvalue weighted by Crippen LogP contribution is -2.74. The van der Waals surface area contributed by atoms with Gasteiger partial charge in [0, 0.05) is 41.6 Å². The molecule has 1 aromatic heterocycles. The topological polar surface area (TPSA) is 118 Å². The second-order valence-corrected chi connectivity index (χ2v) is 21.1. The fourth-order valence-corrected chi connectivity index (χ4v) is 7.92. The number of fused-ring (bicyclic) bond motifs is 1. The van der Waals surface area contributed by atoms with Crippen LogP contribution < -0.4 is 9.26 Å². The van der Waals surface area contributed by atoms with Crippen molar-refractivity contribution < 1.29 is 43.5 Å². The SMILES string of the molecule is CC(C)(COCCCCCCCCCCC(=O)On1c(O)ccc1O)C12OOC1(c1cccc(O[Si](C)(C)C(C)(C)C)c1)OCC2(C)C. The zero-order valence-corrected chi connectivity index (χ0v) is 31.6. The van der Waals surface area contributed by atoms with Crippen LogP contribution in [-0.2, 0) is 29.8 Å². The Morgan fingerprint density at radius 3 is 2.08 bits per heavy atom. The minimum atomic E-state index is -2.04. The Morgan fingerprint density at radius 1 is 0.896 bits per heavy atom. The van der Waals surface area contributed by atoms with Crippen molar-refractivity contribution in [1.82, 2.24) is 4.73 Å². The molecule has 3 heterocycles. The number of unbranched alkanes of at least 4 members (excludes halogenated alkanes) is 7. The monoisotopic (exact) mass is 689 g/mol. The number of hydrogen-bond acceptors (Lipinski definition) is 9. The van der Waals surface area contributed by atoms with Crippen LogP contribution in [-0.4, -0.2) is 54.7 Å². The number of carbonyl (C=O) groups is 1. The molecule has 270 valence electrons. The Morgan fingerprint density at radius 2 is 1.50 bits per heavy atom. The summed E-state index contributed by atoms with van der Waals surface area (Å²) in [5, 5.41) is 19.2. The maximum absolute atomic E-state index is 11.9. The summed E-state index contributed by atoms with van der Waals surface area (Å²) in [6.07, 6.45) is 8.41. The molecule has 2 atom stereocenters. The van der Waals surface area contributed by atoms with E-state index < -0.39 is 31.1 Å². The Hall–Kier alpha value is -2.57.